The molecule has 0 saturated heterocycles. The largest absolute Gasteiger partial charge is 0.377 e. The molecule has 0 aliphatic heterocycles. The van der Waals surface area contributed by atoms with Gasteiger partial charge in [-0.15, -0.1) is 11.3 Å². The first-order valence-electron chi connectivity index (χ1n) is 5.19. The number of hydrogen-bond donors (Lipinski definition) is 2. The molecule has 1 aromatic heterocycles. The first-order chi connectivity index (χ1) is 7.04. The van der Waals surface area contributed by atoms with Crippen LogP contribution in [-0.2, 0) is 4.74 Å². The summed E-state index contributed by atoms with van der Waals surface area (Å²) in [5.74, 6) is 5.53. The highest BCUT2D eigenvalue weighted by Crippen LogP contribution is 2.26. The fourth-order valence-corrected chi connectivity index (χ4v) is 2.36. The van der Waals surface area contributed by atoms with Gasteiger partial charge in [-0.3, -0.25) is 5.84 Å². The maximum Gasteiger partial charge on any atom is 0.0786 e. The first kappa shape index (κ1) is 12.6. The van der Waals surface area contributed by atoms with E-state index in [1.54, 1.807) is 11.3 Å². The highest BCUT2D eigenvalue weighted by Gasteiger charge is 2.14. The molecule has 1 heterocycles. The Morgan fingerprint density at radius 2 is 2.13 bits per heavy atom. The summed E-state index contributed by atoms with van der Waals surface area (Å²) in [6.45, 7) is 8.91. The average molecular weight is 228 g/mol. The maximum absolute atomic E-state index is 5.56. The van der Waals surface area contributed by atoms with Crippen molar-refractivity contribution in [3.05, 3.63) is 21.4 Å². The molecule has 0 saturated carbocycles. The average Bonchev–Trinajstić information content (AvgIpc) is 2.47. The van der Waals surface area contributed by atoms with E-state index in [0.29, 0.717) is 6.61 Å². The zero-order valence-corrected chi connectivity index (χ0v) is 10.6. The van der Waals surface area contributed by atoms with Crippen LogP contribution in [0.5, 0.6) is 0 Å². The fraction of sp³-hybridized carbons (Fsp3) is 0.636. The number of aryl methyl sites for hydroxylation is 2. The van der Waals surface area contributed by atoms with Crippen molar-refractivity contribution in [1.82, 2.24) is 5.43 Å². The van der Waals surface area contributed by atoms with E-state index in [0.717, 1.165) is 0 Å². The van der Waals surface area contributed by atoms with Gasteiger partial charge in [0, 0.05) is 9.75 Å². The Kier molecular flexibility index (Phi) is 4.73. The van der Waals surface area contributed by atoms with Crippen LogP contribution in [0.3, 0.4) is 0 Å². The molecule has 0 fully saturated rings. The van der Waals surface area contributed by atoms with Gasteiger partial charge in [-0.2, -0.15) is 0 Å². The summed E-state index contributed by atoms with van der Waals surface area (Å²) in [5, 5.41) is 0. The summed E-state index contributed by atoms with van der Waals surface area (Å²) in [7, 11) is 0. The van der Waals surface area contributed by atoms with Crippen molar-refractivity contribution in [3.63, 3.8) is 0 Å². The Hall–Kier alpha value is -0.420. The maximum atomic E-state index is 5.56. The monoisotopic (exact) mass is 228 g/mol. The number of hydrogen-bond acceptors (Lipinski definition) is 4. The molecule has 4 heteroatoms. The van der Waals surface area contributed by atoms with Crippen LogP contribution >= 0.6 is 11.3 Å². The van der Waals surface area contributed by atoms with Crippen LogP contribution in [-0.4, -0.2) is 12.7 Å². The number of nitrogens with two attached hydrogens (primary N) is 1. The molecular formula is C11H20N2OS. The molecule has 0 aromatic carbocycles. The van der Waals surface area contributed by atoms with Crippen molar-refractivity contribution in [2.45, 2.75) is 39.8 Å². The second kappa shape index (κ2) is 5.61. The van der Waals surface area contributed by atoms with E-state index < -0.39 is 0 Å². The van der Waals surface area contributed by atoms with E-state index in [1.165, 1.54) is 15.3 Å². The Morgan fingerprint density at radius 1 is 1.47 bits per heavy atom. The zero-order chi connectivity index (χ0) is 11.4. The normalized spacial score (nSPS) is 13.5. The fourth-order valence-electron chi connectivity index (χ4n) is 1.27. The minimum absolute atomic E-state index is 0.102. The minimum Gasteiger partial charge on any atom is -0.377 e. The van der Waals surface area contributed by atoms with Gasteiger partial charge in [0.25, 0.3) is 0 Å². The lowest BCUT2D eigenvalue weighted by Gasteiger charge is -2.16. The summed E-state index contributed by atoms with van der Waals surface area (Å²) in [6, 6.07) is 2.28. The van der Waals surface area contributed by atoms with Crippen LogP contribution in [0, 0.1) is 13.8 Å². The number of ether oxygens (including phenoxy) is 1. The van der Waals surface area contributed by atoms with Gasteiger partial charge >= 0.3 is 0 Å². The van der Waals surface area contributed by atoms with Crippen LogP contribution in [0.25, 0.3) is 0 Å². The third-order valence-corrected chi connectivity index (χ3v) is 3.59. The molecule has 3 nitrogen and oxygen atoms in total. The van der Waals surface area contributed by atoms with E-state index in [4.69, 9.17) is 10.6 Å². The highest BCUT2D eigenvalue weighted by molar-refractivity contribution is 7.12. The number of thiophene rings is 1. The topological polar surface area (TPSA) is 47.3 Å². The van der Waals surface area contributed by atoms with Crippen LogP contribution in [0.4, 0.5) is 0 Å². The summed E-state index contributed by atoms with van der Waals surface area (Å²) in [5.41, 5.74) is 4.12. The number of hydrazine groups is 1. The van der Waals surface area contributed by atoms with Crippen molar-refractivity contribution in [1.29, 1.82) is 0 Å². The lowest BCUT2D eigenvalue weighted by molar-refractivity contribution is 0.0618. The van der Waals surface area contributed by atoms with Crippen molar-refractivity contribution in [3.8, 4) is 0 Å². The predicted molar refractivity (Wildman–Crippen MR) is 64.9 cm³/mol. The second-order valence-corrected chi connectivity index (χ2v) is 5.28. The first-order valence-corrected chi connectivity index (χ1v) is 6.01. The molecule has 0 aliphatic carbocycles. The van der Waals surface area contributed by atoms with Gasteiger partial charge in [-0.05, 0) is 39.3 Å². The Bertz CT molecular complexity index is 290. The summed E-state index contributed by atoms with van der Waals surface area (Å²) in [4.78, 5) is 2.59. The van der Waals surface area contributed by atoms with Gasteiger partial charge in [0.2, 0.25) is 0 Å². The predicted octanol–water partition coefficient (Wildman–Crippen LogP) is 2.29. The van der Waals surface area contributed by atoms with Crippen LogP contribution in [0.2, 0.25) is 0 Å². The van der Waals surface area contributed by atoms with Gasteiger partial charge in [0.15, 0.2) is 0 Å². The van der Waals surface area contributed by atoms with Gasteiger partial charge in [-0.25, -0.2) is 5.43 Å². The lowest BCUT2D eigenvalue weighted by Crippen LogP contribution is -2.31. The van der Waals surface area contributed by atoms with Gasteiger partial charge < -0.3 is 4.74 Å². The Labute approximate surface area is 95.6 Å². The molecule has 0 radical (unpaired) electrons. The third-order valence-electron chi connectivity index (χ3n) is 2.33. The Balaban J connectivity index is 2.65. The molecule has 0 amide bonds. The van der Waals surface area contributed by atoms with E-state index in [-0.39, 0.29) is 12.1 Å². The molecular weight excluding hydrogens is 208 g/mol. The second-order valence-electron chi connectivity index (χ2n) is 3.99. The Morgan fingerprint density at radius 3 is 2.53 bits per heavy atom. The van der Waals surface area contributed by atoms with Crippen molar-refractivity contribution < 1.29 is 4.74 Å². The quantitative estimate of drug-likeness (QED) is 0.600. The molecule has 15 heavy (non-hydrogen) atoms. The SMILES string of the molecule is Cc1cc(C(COC(C)C)NN)sc1C. The number of nitrogens with one attached hydrogen (secondary N) is 1. The summed E-state index contributed by atoms with van der Waals surface area (Å²) < 4.78 is 5.56. The van der Waals surface area contributed by atoms with Gasteiger partial charge in [-0.1, -0.05) is 0 Å². The molecule has 1 rings (SSSR count). The minimum atomic E-state index is 0.102. The molecule has 1 atom stereocenters. The van der Waals surface area contributed by atoms with Crippen LogP contribution in [0.15, 0.2) is 6.07 Å². The van der Waals surface area contributed by atoms with Crippen molar-refractivity contribution in [2.75, 3.05) is 6.61 Å². The molecule has 0 spiro atoms. The van der Waals surface area contributed by atoms with E-state index in [9.17, 15) is 0 Å². The van der Waals surface area contributed by atoms with E-state index in [2.05, 4.69) is 25.3 Å². The highest BCUT2D eigenvalue weighted by atomic mass is 32.1. The molecule has 86 valence electrons. The number of rotatable bonds is 5. The summed E-state index contributed by atoms with van der Waals surface area (Å²) >= 11 is 1.78. The van der Waals surface area contributed by atoms with E-state index >= 15 is 0 Å². The zero-order valence-electron chi connectivity index (χ0n) is 9.83. The van der Waals surface area contributed by atoms with Gasteiger partial charge in [0.1, 0.15) is 0 Å². The van der Waals surface area contributed by atoms with E-state index in [1.807, 2.05) is 13.8 Å². The smallest absolute Gasteiger partial charge is 0.0786 e. The molecule has 0 bridgehead atoms. The van der Waals surface area contributed by atoms with Crippen LogP contribution in [0.1, 0.15) is 35.2 Å². The molecule has 3 N–H and O–H groups in total. The molecule has 0 aliphatic rings. The van der Waals surface area contributed by atoms with Gasteiger partial charge in [0.05, 0.1) is 18.8 Å². The molecule has 1 unspecified atom stereocenters. The van der Waals surface area contributed by atoms with Crippen LogP contribution < -0.4 is 11.3 Å². The van der Waals surface area contributed by atoms with Crippen molar-refractivity contribution >= 4 is 11.3 Å². The standard InChI is InChI=1S/C11H20N2OS/c1-7(2)14-6-10(13-12)11-5-8(3)9(4)15-11/h5,7,10,13H,6,12H2,1-4H3. The summed E-state index contributed by atoms with van der Waals surface area (Å²) in [6.07, 6.45) is 0.239. The third kappa shape index (κ3) is 3.57. The van der Waals surface area contributed by atoms with Crippen molar-refractivity contribution in [2.24, 2.45) is 5.84 Å². The molecule has 1 aromatic rings. The lowest BCUT2D eigenvalue weighted by atomic mass is 10.2.